The first-order valence-corrected chi connectivity index (χ1v) is 19.2. The summed E-state index contributed by atoms with van der Waals surface area (Å²) in [4.78, 5) is 82.9. The Morgan fingerprint density at radius 3 is 2.09 bits per heavy atom. The molecule has 4 atom stereocenters. The molecule has 16 nitrogen and oxygen atoms in total. The number of primary amides is 1. The number of aromatic amines is 1. The van der Waals surface area contributed by atoms with Crippen molar-refractivity contribution in [3.8, 4) is 0 Å². The minimum atomic E-state index is -1.13. The first-order valence-electron chi connectivity index (χ1n) is 19.2. The van der Waals surface area contributed by atoms with Crippen LogP contribution in [0.1, 0.15) is 56.7 Å². The summed E-state index contributed by atoms with van der Waals surface area (Å²) in [5.41, 5.74) is 8.73. The van der Waals surface area contributed by atoms with Crippen molar-refractivity contribution in [1.82, 2.24) is 47.1 Å². The number of carbonyl (C=O) groups is 6. The highest BCUT2D eigenvalue weighted by molar-refractivity contribution is 5.95. The van der Waals surface area contributed by atoms with E-state index in [1.54, 1.807) is 13.1 Å². The number of likely N-dealkylation sites (N-methyl/N-ethyl adjacent to an activating group) is 2. The van der Waals surface area contributed by atoms with Gasteiger partial charge in [-0.15, -0.1) is 0 Å². The normalized spacial score (nSPS) is 13.3. The van der Waals surface area contributed by atoms with E-state index in [1.807, 2.05) is 69.6 Å². The standard InChI is InChI=1S/C40H60N10O6/c1-6-26(2)37(49-39(55)34(47-27(3)51)21-30-24-44-32-13-8-7-12-31(30)32)40(56)48-33(14-15-35(41)52)38(54)46-23-29-11-9-10-28(20-29)22-45-36(53)25-50(18-16-42-4)19-17-43-5/h7-13,20,24,26,33-34,37,42-44H,6,14-19,21-23,25H2,1-5H3,(H2,41,52)(H,45,53)(H,46,54)(H,47,51)(H,48,56)(H,49,55)/t26?,33-,34-,37-/m0/s1. The molecule has 56 heavy (non-hydrogen) atoms. The minimum Gasteiger partial charge on any atom is -0.370 e. The molecule has 1 unspecified atom stereocenters. The predicted octanol–water partition coefficient (Wildman–Crippen LogP) is 0.170. The molecule has 3 rings (SSSR count). The van der Waals surface area contributed by atoms with Crippen LogP contribution in [0.25, 0.3) is 10.9 Å². The van der Waals surface area contributed by atoms with Gasteiger partial charge in [0.25, 0.3) is 0 Å². The molecular formula is C40H60N10O6. The molecule has 1 aromatic heterocycles. The van der Waals surface area contributed by atoms with Crippen LogP contribution < -0.4 is 43.0 Å². The second-order valence-electron chi connectivity index (χ2n) is 14.1. The smallest absolute Gasteiger partial charge is 0.243 e. The van der Waals surface area contributed by atoms with E-state index in [2.05, 4.69) is 47.1 Å². The Morgan fingerprint density at radius 1 is 0.804 bits per heavy atom. The van der Waals surface area contributed by atoms with Crippen molar-refractivity contribution >= 4 is 46.3 Å². The van der Waals surface area contributed by atoms with Crippen LogP contribution in [-0.4, -0.2) is 110 Å². The summed E-state index contributed by atoms with van der Waals surface area (Å²) < 4.78 is 0. The van der Waals surface area contributed by atoms with Gasteiger partial charge in [-0.2, -0.15) is 0 Å². The lowest BCUT2D eigenvalue weighted by Crippen LogP contribution is -2.58. The van der Waals surface area contributed by atoms with Gasteiger partial charge in [0.1, 0.15) is 18.1 Å². The van der Waals surface area contributed by atoms with E-state index >= 15 is 0 Å². The van der Waals surface area contributed by atoms with Crippen molar-refractivity contribution in [2.75, 3.05) is 46.8 Å². The number of amides is 6. The van der Waals surface area contributed by atoms with Gasteiger partial charge in [-0.25, -0.2) is 0 Å². The van der Waals surface area contributed by atoms with Crippen molar-refractivity contribution < 1.29 is 28.8 Å². The zero-order chi connectivity index (χ0) is 41.0. The van der Waals surface area contributed by atoms with Crippen LogP contribution >= 0.6 is 0 Å². The quantitative estimate of drug-likeness (QED) is 0.0570. The van der Waals surface area contributed by atoms with Crippen molar-refractivity contribution in [2.24, 2.45) is 11.7 Å². The minimum absolute atomic E-state index is 0.0606. The number of hydrogen-bond acceptors (Lipinski definition) is 9. The number of benzene rings is 2. The predicted molar refractivity (Wildman–Crippen MR) is 216 cm³/mol. The lowest BCUT2D eigenvalue weighted by molar-refractivity contribution is -0.134. The highest BCUT2D eigenvalue weighted by Gasteiger charge is 2.32. The van der Waals surface area contributed by atoms with Gasteiger partial charge in [0.05, 0.1) is 6.54 Å². The van der Waals surface area contributed by atoms with E-state index in [-0.39, 0.29) is 44.2 Å². The molecule has 0 saturated carbocycles. The monoisotopic (exact) mass is 776 g/mol. The maximum Gasteiger partial charge on any atom is 0.243 e. The molecule has 0 aliphatic heterocycles. The van der Waals surface area contributed by atoms with Crippen molar-refractivity contribution in [2.45, 2.75) is 77.7 Å². The fraction of sp³-hybridized carbons (Fsp3) is 0.500. The van der Waals surface area contributed by atoms with Crippen LogP contribution in [0, 0.1) is 5.92 Å². The first kappa shape index (κ1) is 45.1. The molecule has 0 aliphatic rings. The Morgan fingerprint density at radius 2 is 1.46 bits per heavy atom. The SMILES string of the molecule is CCC(C)[C@H](NC(=O)[C@H](Cc1c[nH]c2ccccc12)NC(C)=O)C(=O)N[C@@H](CCC(N)=O)C(=O)NCc1cccc(CNC(=O)CN(CCNC)CCNC)c1. The molecule has 0 spiro atoms. The summed E-state index contributed by atoms with van der Waals surface area (Å²) in [7, 11) is 3.74. The largest absolute Gasteiger partial charge is 0.370 e. The van der Waals surface area contributed by atoms with Gasteiger partial charge in [-0.3, -0.25) is 33.7 Å². The lowest BCUT2D eigenvalue weighted by Gasteiger charge is -2.28. The number of aromatic nitrogens is 1. The highest BCUT2D eigenvalue weighted by Crippen LogP contribution is 2.20. The fourth-order valence-electron chi connectivity index (χ4n) is 6.18. The fourth-order valence-corrected chi connectivity index (χ4v) is 6.18. The Balaban J connectivity index is 1.66. The number of hydrogen-bond donors (Lipinski definition) is 9. The number of fused-ring (bicyclic) bond motifs is 1. The van der Waals surface area contributed by atoms with Gasteiger partial charge in [-0.1, -0.05) is 62.7 Å². The second-order valence-corrected chi connectivity index (χ2v) is 14.1. The van der Waals surface area contributed by atoms with Crippen molar-refractivity contribution in [3.63, 3.8) is 0 Å². The van der Waals surface area contributed by atoms with Gasteiger partial charge in [0, 0.05) is 76.1 Å². The third kappa shape index (κ3) is 15.1. The van der Waals surface area contributed by atoms with Gasteiger partial charge >= 0.3 is 0 Å². The molecule has 16 heteroatoms. The molecule has 0 saturated heterocycles. The number of carbonyl (C=O) groups excluding carboxylic acids is 6. The van der Waals surface area contributed by atoms with Crippen molar-refractivity contribution in [1.29, 1.82) is 0 Å². The van der Waals surface area contributed by atoms with E-state index in [4.69, 9.17) is 5.73 Å². The first-order chi connectivity index (χ1) is 26.8. The molecular weight excluding hydrogens is 717 g/mol. The molecule has 0 radical (unpaired) electrons. The third-order valence-electron chi connectivity index (χ3n) is 9.57. The average Bonchev–Trinajstić information content (AvgIpc) is 3.59. The maximum absolute atomic E-state index is 13.8. The Labute approximate surface area is 329 Å². The molecule has 6 amide bonds. The molecule has 0 bridgehead atoms. The van der Waals surface area contributed by atoms with Crippen LogP contribution in [0.15, 0.2) is 54.7 Å². The lowest BCUT2D eigenvalue weighted by atomic mass is 9.96. The van der Waals surface area contributed by atoms with Gasteiger partial charge in [0.15, 0.2) is 0 Å². The number of para-hydroxylation sites is 1. The number of nitrogens with two attached hydrogens (primary N) is 1. The zero-order valence-electron chi connectivity index (χ0n) is 33.3. The van der Waals surface area contributed by atoms with E-state index in [1.165, 1.54) is 6.92 Å². The third-order valence-corrected chi connectivity index (χ3v) is 9.57. The topological polar surface area (TPSA) is 232 Å². The summed E-state index contributed by atoms with van der Waals surface area (Å²) in [6.07, 6.45) is 2.26. The number of nitrogens with one attached hydrogen (secondary N) is 8. The number of nitrogens with zero attached hydrogens (tertiary/aromatic N) is 1. The molecule has 0 aliphatic carbocycles. The van der Waals surface area contributed by atoms with Crippen LogP contribution in [-0.2, 0) is 48.3 Å². The maximum atomic E-state index is 13.8. The zero-order valence-corrected chi connectivity index (χ0v) is 33.3. The summed E-state index contributed by atoms with van der Waals surface area (Å²) in [5, 5.41) is 21.2. The van der Waals surface area contributed by atoms with E-state index in [0.717, 1.165) is 53.8 Å². The summed E-state index contributed by atoms with van der Waals surface area (Å²) in [6.45, 7) is 8.67. The molecule has 0 fully saturated rings. The Kier molecular flexibility index (Phi) is 19.0. The van der Waals surface area contributed by atoms with Crippen LogP contribution in [0.5, 0.6) is 0 Å². The van der Waals surface area contributed by atoms with Gasteiger partial charge in [0.2, 0.25) is 35.4 Å². The van der Waals surface area contributed by atoms with Crippen molar-refractivity contribution in [3.05, 3.63) is 71.4 Å². The summed E-state index contributed by atoms with van der Waals surface area (Å²) >= 11 is 0. The van der Waals surface area contributed by atoms with E-state index in [9.17, 15) is 28.8 Å². The summed E-state index contributed by atoms with van der Waals surface area (Å²) in [5.74, 6) is -3.20. The molecule has 3 aromatic rings. The number of H-pyrrole nitrogens is 1. The number of rotatable bonds is 25. The highest BCUT2D eigenvalue weighted by atomic mass is 16.2. The van der Waals surface area contributed by atoms with E-state index < -0.39 is 47.7 Å². The second kappa shape index (κ2) is 23.6. The van der Waals surface area contributed by atoms with Crippen LogP contribution in [0.2, 0.25) is 0 Å². The van der Waals surface area contributed by atoms with E-state index in [0.29, 0.717) is 13.0 Å². The van der Waals surface area contributed by atoms with Gasteiger partial charge < -0.3 is 47.9 Å². The summed E-state index contributed by atoms with van der Waals surface area (Å²) in [6, 6.07) is 11.8. The molecule has 2 aromatic carbocycles. The molecule has 10 N–H and O–H groups in total. The Bertz CT molecular complexity index is 1760. The average molecular weight is 777 g/mol. The van der Waals surface area contributed by atoms with Gasteiger partial charge in [-0.05, 0) is 49.2 Å². The molecule has 1 heterocycles. The van der Waals surface area contributed by atoms with Crippen LogP contribution in [0.3, 0.4) is 0 Å². The van der Waals surface area contributed by atoms with Crippen LogP contribution in [0.4, 0.5) is 0 Å². The molecule has 306 valence electrons. The Hall–Kier alpha value is -5.32.